The summed E-state index contributed by atoms with van der Waals surface area (Å²) < 4.78 is 15.4. The van der Waals surface area contributed by atoms with E-state index in [9.17, 15) is 9.59 Å². The number of nitrogens with zero attached hydrogens (tertiary/aromatic N) is 14. The van der Waals surface area contributed by atoms with Gasteiger partial charge < -0.3 is 20.9 Å². The van der Waals surface area contributed by atoms with Gasteiger partial charge in [-0.3, -0.25) is 0 Å². The summed E-state index contributed by atoms with van der Waals surface area (Å²) in [7, 11) is 5.82. The largest absolute Gasteiger partial charge is 0.465 e. The summed E-state index contributed by atoms with van der Waals surface area (Å²) in [4.78, 5) is 24.3. The molecular weight excluding hydrogens is 624 g/mol. The Morgan fingerprint density at radius 2 is 1.23 bits per heavy atom. The zero-order valence-corrected chi connectivity index (χ0v) is 27.4. The lowest BCUT2D eigenvalue weighted by atomic mass is 10.2. The number of aromatic nitrogens is 8. The molecule has 5 rings (SSSR count). The minimum absolute atomic E-state index is 0.162. The standard InChI is InChI=1S/C28H36N16O4/c1-7-9-10-18-22(36-38-26-16(28(46)48-6)14-32-42(26)4)24(30)44(40-18)20-12-11-19(33-34-20)43-23(29)21(17(8-2)39-43)35-37-25-15(27(45)47-5)13-31-41(25)3/h13-14H,7-12,29-30H2,1-6H3. The van der Waals surface area contributed by atoms with Gasteiger partial charge in [0.1, 0.15) is 11.1 Å². The van der Waals surface area contributed by atoms with Crippen LogP contribution in [0.5, 0.6) is 0 Å². The van der Waals surface area contributed by atoms with Gasteiger partial charge in [-0.2, -0.15) is 29.8 Å². The average molecular weight is 661 g/mol. The second-order valence-corrected chi connectivity index (χ2v) is 10.6. The van der Waals surface area contributed by atoms with E-state index >= 15 is 0 Å². The molecule has 0 aliphatic carbocycles. The maximum absolute atomic E-state index is 12.2. The van der Waals surface area contributed by atoms with Crippen molar-refractivity contribution in [2.75, 3.05) is 25.7 Å². The summed E-state index contributed by atoms with van der Waals surface area (Å²) in [6.45, 7) is 3.97. The molecule has 0 aromatic carbocycles. The second-order valence-electron chi connectivity index (χ2n) is 10.6. The average Bonchev–Trinajstić information content (AvgIpc) is 3.84. The third kappa shape index (κ3) is 6.31. The molecule has 0 bridgehead atoms. The number of hydrogen-bond acceptors (Lipinski definition) is 16. The highest BCUT2D eigenvalue weighted by Gasteiger charge is 2.25. The van der Waals surface area contributed by atoms with Crippen LogP contribution in [0, 0.1) is 0 Å². The van der Waals surface area contributed by atoms with E-state index in [1.807, 2.05) is 6.92 Å². The van der Waals surface area contributed by atoms with Crippen molar-refractivity contribution in [3.8, 4) is 0 Å². The highest BCUT2D eigenvalue weighted by atomic mass is 16.5. The number of esters is 2. The molecule has 0 saturated heterocycles. The Balaban J connectivity index is 1.46. The Labute approximate surface area is 274 Å². The molecule has 0 fully saturated rings. The van der Waals surface area contributed by atoms with Crippen LogP contribution in [0.25, 0.3) is 0 Å². The lowest BCUT2D eigenvalue weighted by Gasteiger charge is -2.13. The van der Waals surface area contributed by atoms with E-state index in [1.165, 1.54) is 45.3 Å². The molecule has 0 amide bonds. The fourth-order valence-electron chi connectivity index (χ4n) is 4.84. The maximum atomic E-state index is 12.2. The number of methoxy groups -OCH3 is 2. The zero-order chi connectivity index (χ0) is 34.5. The van der Waals surface area contributed by atoms with Crippen LogP contribution in [0.4, 0.5) is 34.6 Å². The van der Waals surface area contributed by atoms with E-state index in [2.05, 4.69) is 52.9 Å². The van der Waals surface area contributed by atoms with Gasteiger partial charge in [0.25, 0.3) is 0 Å². The van der Waals surface area contributed by atoms with Gasteiger partial charge >= 0.3 is 11.9 Å². The molecule has 0 unspecified atom stereocenters. The number of ether oxygens (including phenoxy) is 2. The van der Waals surface area contributed by atoms with Gasteiger partial charge in [0.2, 0.25) is 0 Å². The first-order chi connectivity index (χ1) is 23.1. The van der Waals surface area contributed by atoms with E-state index in [1.54, 1.807) is 14.1 Å². The van der Waals surface area contributed by atoms with E-state index in [-0.39, 0.29) is 34.4 Å². The summed E-state index contributed by atoms with van der Waals surface area (Å²) in [6, 6.07) is 0. The number of hydrogen-bond donors (Lipinski definition) is 2. The lowest BCUT2D eigenvalue weighted by molar-refractivity contribution is 0.0592. The fraction of sp³-hybridized carbons (Fsp3) is 0.429. The predicted octanol–water partition coefficient (Wildman–Crippen LogP) is 3.92. The number of nitrogens with two attached hydrogens (primary N) is 2. The molecule has 5 heterocycles. The van der Waals surface area contributed by atoms with Crippen LogP contribution in [0.15, 0.2) is 43.1 Å². The number of azo groups is 2. The normalized spacial score (nSPS) is 13.4. The van der Waals surface area contributed by atoms with Crippen LogP contribution in [0.1, 0.15) is 71.6 Å². The van der Waals surface area contributed by atoms with Crippen LogP contribution >= 0.6 is 0 Å². The van der Waals surface area contributed by atoms with Crippen molar-refractivity contribution in [2.45, 2.75) is 52.4 Å². The molecule has 0 saturated carbocycles. The first-order valence-corrected chi connectivity index (χ1v) is 15.1. The van der Waals surface area contributed by atoms with Gasteiger partial charge in [-0.25, -0.2) is 19.0 Å². The van der Waals surface area contributed by atoms with Crippen LogP contribution in [0.2, 0.25) is 0 Å². The summed E-state index contributed by atoms with van der Waals surface area (Å²) in [5, 5.41) is 43.5. The minimum atomic E-state index is -0.590. The van der Waals surface area contributed by atoms with Crippen molar-refractivity contribution in [3.63, 3.8) is 0 Å². The number of unbranched alkanes of at least 4 members (excludes halogenated alkanes) is 1. The highest BCUT2D eigenvalue weighted by molar-refractivity contribution is 5.98. The molecule has 20 nitrogen and oxygen atoms in total. The molecule has 0 spiro atoms. The first-order valence-electron chi connectivity index (χ1n) is 15.1. The topological polar surface area (TPSA) is 250 Å². The molecule has 0 atom stereocenters. The number of carbonyl (C=O) groups is 2. The van der Waals surface area contributed by atoms with Crippen molar-refractivity contribution in [1.29, 1.82) is 0 Å². The van der Waals surface area contributed by atoms with Gasteiger partial charge in [0.05, 0.1) is 38.0 Å². The SMILES string of the molecule is CCCCc1nn(C2=NN=C(n3nc(CC)c(N=Nc4c(C(=O)OC)cnn4C)c3N)CC2)c(N)c1N=Nc1c(C(=O)OC)cnn1C. The Morgan fingerprint density at radius 1 is 0.771 bits per heavy atom. The molecule has 48 heavy (non-hydrogen) atoms. The quantitative estimate of drug-likeness (QED) is 0.183. The number of carbonyl (C=O) groups excluding carboxylic acids is 2. The Hall–Kier alpha value is -6.08. The second kappa shape index (κ2) is 14.1. The molecule has 4 N–H and O–H groups in total. The number of nitrogen functional groups attached to an aromatic ring is 2. The smallest absolute Gasteiger partial charge is 0.343 e. The molecule has 4 aromatic heterocycles. The summed E-state index contributed by atoms with van der Waals surface area (Å²) in [6.07, 6.45) is 6.38. The maximum Gasteiger partial charge on any atom is 0.343 e. The third-order valence-corrected chi connectivity index (χ3v) is 7.49. The van der Waals surface area contributed by atoms with E-state index in [0.29, 0.717) is 60.1 Å². The van der Waals surface area contributed by atoms with Crippen molar-refractivity contribution in [1.82, 2.24) is 39.1 Å². The van der Waals surface area contributed by atoms with Gasteiger partial charge in [-0.1, -0.05) is 20.3 Å². The van der Waals surface area contributed by atoms with E-state index in [0.717, 1.165) is 12.8 Å². The van der Waals surface area contributed by atoms with E-state index in [4.69, 9.17) is 26.0 Å². The van der Waals surface area contributed by atoms with Gasteiger partial charge in [0, 0.05) is 26.9 Å². The van der Waals surface area contributed by atoms with Crippen LogP contribution in [-0.2, 0) is 36.4 Å². The van der Waals surface area contributed by atoms with Gasteiger partial charge in [-0.15, -0.1) is 30.7 Å². The first kappa shape index (κ1) is 33.3. The van der Waals surface area contributed by atoms with Crippen molar-refractivity contribution >= 4 is 58.3 Å². The Kier molecular flexibility index (Phi) is 9.80. The molecule has 1 aliphatic rings. The van der Waals surface area contributed by atoms with Crippen LogP contribution < -0.4 is 11.5 Å². The zero-order valence-electron chi connectivity index (χ0n) is 27.4. The van der Waals surface area contributed by atoms with Crippen molar-refractivity contribution in [3.05, 3.63) is 34.9 Å². The van der Waals surface area contributed by atoms with Crippen molar-refractivity contribution in [2.24, 2.45) is 44.8 Å². The molecule has 20 heteroatoms. The van der Waals surface area contributed by atoms with Crippen LogP contribution in [-0.4, -0.2) is 77.0 Å². The number of anilines is 2. The monoisotopic (exact) mass is 660 g/mol. The minimum Gasteiger partial charge on any atom is -0.465 e. The van der Waals surface area contributed by atoms with Crippen molar-refractivity contribution < 1.29 is 19.1 Å². The Bertz CT molecular complexity index is 1970. The predicted molar refractivity (Wildman–Crippen MR) is 174 cm³/mol. The molecule has 4 aromatic rings. The van der Waals surface area contributed by atoms with E-state index < -0.39 is 11.9 Å². The van der Waals surface area contributed by atoms with Gasteiger partial charge in [-0.05, 0) is 19.3 Å². The summed E-state index contributed by atoms with van der Waals surface area (Å²) in [5.74, 6) is 0.639. The molecule has 252 valence electrons. The summed E-state index contributed by atoms with van der Waals surface area (Å²) >= 11 is 0. The third-order valence-electron chi connectivity index (χ3n) is 7.49. The molecule has 1 aliphatic heterocycles. The lowest BCUT2D eigenvalue weighted by Crippen LogP contribution is -2.24. The number of aryl methyl sites for hydroxylation is 4. The fourth-order valence-corrected chi connectivity index (χ4v) is 4.84. The van der Waals surface area contributed by atoms with Gasteiger partial charge in [0.15, 0.2) is 46.3 Å². The Morgan fingerprint density at radius 3 is 1.65 bits per heavy atom. The number of rotatable bonds is 10. The molecular formula is C28H36N16O4. The molecule has 0 radical (unpaired) electrons. The summed E-state index contributed by atoms with van der Waals surface area (Å²) in [5.41, 5.74) is 15.3. The highest BCUT2D eigenvalue weighted by Crippen LogP contribution is 2.33. The van der Waals surface area contributed by atoms with Crippen LogP contribution in [0.3, 0.4) is 0 Å².